The van der Waals surface area contributed by atoms with Crippen LogP contribution in [0.2, 0.25) is 10.0 Å². The van der Waals surface area contributed by atoms with Crippen molar-refractivity contribution in [3.8, 4) is 17.1 Å². The third-order valence-corrected chi connectivity index (χ3v) is 5.83. The van der Waals surface area contributed by atoms with Crippen LogP contribution in [0.1, 0.15) is 24.0 Å². The van der Waals surface area contributed by atoms with Crippen LogP contribution in [-0.4, -0.2) is 41.1 Å². The number of hydrogen-bond acceptors (Lipinski definition) is 4. The molecule has 1 fully saturated rings. The Balaban J connectivity index is 1.63. The minimum absolute atomic E-state index is 0.284. The molecule has 5 nitrogen and oxygen atoms in total. The van der Waals surface area contributed by atoms with Crippen LogP contribution < -0.4 is 10.3 Å². The molecule has 2 aromatic carbocycles. The minimum Gasteiger partial charge on any atom is -0.492 e. The molecule has 1 aliphatic heterocycles. The highest BCUT2D eigenvalue weighted by atomic mass is 35.5. The molecule has 1 aromatic heterocycles. The number of likely N-dealkylation sites (tertiary alicyclic amines) is 1. The van der Waals surface area contributed by atoms with E-state index in [1.807, 2.05) is 26.0 Å². The van der Waals surface area contributed by atoms with Crippen LogP contribution in [0.3, 0.4) is 0 Å². The van der Waals surface area contributed by atoms with E-state index in [2.05, 4.69) is 14.9 Å². The second-order valence-electron chi connectivity index (χ2n) is 7.53. The molecule has 0 bridgehead atoms. The van der Waals surface area contributed by atoms with Crippen LogP contribution in [0.25, 0.3) is 22.3 Å². The number of H-pyrrole nitrogens is 1. The maximum absolute atomic E-state index is 12.6. The van der Waals surface area contributed by atoms with E-state index in [0.717, 1.165) is 42.1 Å². The number of nitrogens with one attached hydrogen (secondary N) is 1. The Morgan fingerprint density at radius 1 is 1.10 bits per heavy atom. The monoisotopic (exact) mass is 431 g/mol. The number of aryl methyl sites for hydroxylation is 2. The molecule has 0 unspecified atom stereocenters. The third kappa shape index (κ3) is 4.27. The fraction of sp³-hybridized carbons (Fsp3) is 0.364. The molecule has 7 heteroatoms. The lowest BCUT2D eigenvalue weighted by Crippen LogP contribution is -2.25. The van der Waals surface area contributed by atoms with E-state index < -0.39 is 0 Å². The second kappa shape index (κ2) is 8.34. The van der Waals surface area contributed by atoms with Crippen LogP contribution in [-0.2, 0) is 0 Å². The highest BCUT2D eigenvalue weighted by Crippen LogP contribution is 2.30. The van der Waals surface area contributed by atoms with E-state index in [0.29, 0.717) is 33.4 Å². The normalized spacial score (nSPS) is 14.6. The molecule has 1 N–H and O–H groups in total. The first-order valence-corrected chi connectivity index (χ1v) is 10.5. The van der Waals surface area contributed by atoms with Gasteiger partial charge in [-0.05, 0) is 75.2 Å². The molecule has 0 atom stereocenters. The van der Waals surface area contributed by atoms with Crippen molar-refractivity contribution in [2.45, 2.75) is 26.7 Å². The van der Waals surface area contributed by atoms with Crippen molar-refractivity contribution in [3.63, 3.8) is 0 Å². The smallest absolute Gasteiger partial charge is 0.260 e. The summed E-state index contributed by atoms with van der Waals surface area (Å²) >= 11 is 12.3. The lowest BCUT2D eigenvalue weighted by atomic mass is 10.0. The predicted molar refractivity (Wildman–Crippen MR) is 118 cm³/mol. The first kappa shape index (κ1) is 20.2. The van der Waals surface area contributed by atoms with Gasteiger partial charge < -0.3 is 9.72 Å². The summed E-state index contributed by atoms with van der Waals surface area (Å²) in [4.78, 5) is 22.4. The van der Waals surface area contributed by atoms with Gasteiger partial charge in [-0.25, -0.2) is 4.98 Å². The third-order valence-electron chi connectivity index (χ3n) is 5.31. The van der Waals surface area contributed by atoms with Crippen LogP contribution in [0, 0.1) is 13.8 Å². The number of hydrogen-bond donors (Lipinski definition) is 1. The number of nitrogens with zero attached hydrogens (tertiary/aromatic N) is 2. The van der Waals surface area contributed by atoms with Crippen molar-refractivity contribution in [3.05, 3.63) is 55.8 Å². The largest absolute Gasteiger partial charge is 0.492 e. The van der Waals surface area contributed by atoms with Crippen LogP contribution in [0.4, 0.5) is 0 Å². The van der Waals surface area contributed by atoms with Crippen molar-refractivity contribution in [2.24, 2.45) is 0 Å². The van der Waals surface area contributed by atoms with Crippen LogP contribution in [0.15, 0.2) is 29.1 Å². The molecular weight excluding hydrogens is 409 g/mol. The molecule has 4 rings (SSSR count). The standard InChI is InChI=1S/C22H23Cl2N3O2/c1-13-9-15(10-14(2)20(13)29-8-7-27-5-3-4-6-27)21-25-18-12-16(23)11-17(24)19(18)22(28)26-21/h9-12H,3-8H2,1-2H3,(H,25,26,28). The quantitative estimate of drug-likeness (QED) is 0.617. The number of fused-ring (bicyclic) bond motifs is 1. The fourth-order valence-electron chi connectivity index (χ4n) is 3.93. The number of benzene rings is 2. The summed E-state index contributed by atoms with van der Waals surface area (Å²) in [6, 6.07) is 7.16. The van der Waals surface area contributed by atoms with Crippen molar-refractivity contribution >= 4 is 34.1 Å². The van der Waals surface area contributed by atoms with Gasteiger partial charge in [0.2, 0.25) is 0 Å². The first-order chi connectivity index (χ1) is 13.9. The predicted octanol–water partition coefficient (Wildman–Crippen LogP) is 4.99. The summed E-state index contributed by atoms with van der Waals surface area (Å²) in [5, 5.41) is 1.08. The molecule has 1 saturated heterocycles. The van der Waals surface area contributed by atoms with Crippen molar-refractivity contribution in [1.29, 1.82) is 0 Å². The maximum Gasteiger partial charge on any atom is 0.260 e. The van der Waals surface area contributed by atoms with Gasteiger partial charge >= 0.3 is 0 Å². The van der Waals surface area contributed by atoms with Gasteiger partial charge in [0, 0.05) is 17.1 Å². The minimum atomic E-state index is -0.284. The van der Waals surface area contributed by atoms with E-state index in [4.69, 9.17) is 27.9 Å². The number of ether oxygens (including phenoxy) is 1. The van der Waals surface area contributed by atoms with Gasteiger partial charge in [-0.15, -0.1) is 0 Å². The highest BCUT2D eigenvalue weighted by molar-refractivity contribution is 6.38. The molecule has 29 heavy (non-hydrogen) atoms. The highest BCUT2D eigenvalue weighted by Gasteiger charge is 2.15. The first-order valence-electron chi connectivity index (χ1n) is 9.78. The summed E-state index contributed by atoms with van der Waals surface area (Å²) in [6.45, 7) is 7.96. The van der Waals surface area contributed by atoms with E-state index >= 15 is 0 Å². The molecule has 0 amide bonds. The van der Waals surface area contributed by atoms with Gasteiger partial charge in [0.25, 0.3) is 5.56 Å². The average Bonchev–Trinajstić information content (AvgIpc) is 3.16. The molecule has 3 aromatic rings. The average molecular weight is 432 g/mol. The number of halogens is 2. The zero-order valence-electron chi connectivity index (χ0n) is 16.5. The van der Waals surface area contributed by atoms with Crippen LogP contribution in [0.5, 0.6) is 5.75 Å². The Morgan fingerprint density at radius 2 is 1.79 bits per heavy atom. The second-order valence-corrected chi connectivity index (χ2v) is 8.38. The summed E-state index contributed by atoms with van der Waals surface area (Å²) in [6.07, 6.45) is 2.56. The van der Waals surface area contributed by atoms with Crippen molar-refractivity contribution < 1.29 is 4.74 Å². The van der Waals surface area contributed by atoms with Gasteiger partial charge in [-0.2, -0.15) is 0 Å². The Bertz CT molecular complexity index is 1100. The molecular formula is C22H23Cl2N3O2. The Morgan fingerprint density at radius 3 is 2.48 bits per heavy atom. The van der Waals surface area contributed by atoms with Gasteiger partial charge in [-0.3, -0.25) is 9.69 Å². The molecule has 1 aliphatic rings. The van der Waals surface area contributed by atoms with Gasteiger partial charge in [0.05, 0.1) is 15.9 Å². The summed E-state index contributed by atoms with van der Waals surface area (Å²) in [5.74, 6) is 1.37. The Kier molecular flexibility index (Phi) is 5.81. The molecule has 0 spiro atoms. The molecule has 0 aliphatic carbocycles. The lowest BCUT2D eigenvalue weighted by molar-refractivity contribution is 0.236. The Hall–Kier alpha value is -2.08. The van der Waals surface area contributed by atoms with E-state index in [1.54, 1.807) is 12.1 Å². The number of rotatable bonds is 5. The SMILES string of the molecule is Cc1cc(-c2nc3cc(Cl)cc(Cl)c3c(=O)[nH]2)cc(C)c1OCCN1CCCC1. The zero-order valence-corrected chi connectivity index (χ0v) is 18.0. The molecule has 152 valence electrons. The number of aromatic nitrogens is 2. The number of aromatic amines is 1. The molecule has 2 heterocycles. The van der Waals surface area contributed by atoms with Gasteiger partial charge in [-0.1, -0.05) is 23.2 Å². The van der Waals surface area contributed by atoms with Gasteiger partial charge in [0.1, 0.15) is 18.2 Å². The van der Waals surface area contributed by atoms with Crippen molar-refractivity contribution in [1.82, 2.24) is 14.9 Å². The molecule has 0 saturated carbocycles. The fourth-order valence-corrected chi connectivity index (χ4v) is 4.49. The lowest BCUT2D eigenvalue weighted by Gasteiger charge is -2.18. The summed E-state index contributed by atoms with van der Waals surface area (Å²) < 4.78 is 6.08. The zero-order chi connectivity index (χ0) is 20.5. The Labute approximate surface area is 179 Å². The van der Waals surface area contributed by atoms with Crippen LogP contribution >= 0.6 is 23.2 Å². The molecule has 0 radical (unpaired) electrons. The van der Waals surface area contributed by atoms with Gasteiger partial charge in [0.15, 0.2) is 0 Å². The summed E-state index contributed by atoms with van der Waals surface area (Å²) in [7, 11) is 0. The topological polar surface area (TPSA) is 58.2 Å². The maximum atomic E-state index is 12.6. The van der Waals surface area contributed by atoms with E-state index in [1.165, 1.54) is 12.8 Å². The summed E-state index contributed by atoms with van der Waals surface area (Å²) in [5.41, 5.74) is 3.03. The van der Waals surface area contributed by atoms with Crippen molar-refractivity contribution in [2.75, 3.05) is 26.2 Å². The van der Waals surface area contributed by atoms with E-state index in [-0.39, 0.29) is 5.56 Å². The van der Waals surface area contributed by atoms with E-state index in [9.17, 15) is 4.79 Å².